The summed E-state index contributed by atoms with van der Waals surface area (Å²) in [6.07, 6.45) is 8.61. The molecule has 2 aliphatic rings. The third kappa shape index (κ3) is 12.7. The Morgan fingerprint density at radius 3 is 2.13 bits per heavy atom. The fourth-order valence-electron chi connectivity index (χ4n) is 5.12. The van der Waals surface area contributed by atoms with Gasteiger partial charge in [-0.25, -0.2) is 4.79 Å². The Kier molecular flexibility index (Phi) is 14.6. The number of carboxylic acids is 1. The van der Waals surface area contributed by atoms with Gasteiger partial charge in [-0.1, -0.05) is 13.5 Å². The van der Waals surface area contributed by atoms with Gasteiger partial charge in [0.1, 0.15) is 12.2 Å². The smallest absolute Gasteiger partial charge is 0.330 e. The largest absolute Gasteiger partial charge is 0.481 e. The highest BCUT2D eigenvalue weighted by molar-refractivity contribution is 5.81. The Labute approximate surface area is 230 Å². The van der Waals surface area contributed by atoms with E-state index in [1.54, 1.807) is 0 Å². The molecule has 0 aliphatic heterocycles. The first-order valence-corrected chi connectivity index (χ1v) is 14.3. The van der Waals surface area contributed by atoms with Gasteiger partial charge < -0.3 is 24.1 Å². The minimum absolute atomic E-state index is 0.0384. The molecule has 0 aromatic rings. The van der Waals surface area contributed by atoms with Crippen LogP contribution in [0.1, 0.15) is 96.8 Å². The van der Waals surface area contributed by atoms with Crippen LogP contribution in [-0.4, -0.2) is 60.4 Å². The molecular formula is C29H44O10. The van der Waals surface area contributed by atoms with E-state index in [4.69, 9.17) is 24.1 Å². The summed E-state index contributed by atoms with van der Waals surface area (Å²) in [5.41, 5.74) is 0. The van der Waals surface area contributed by atoms with Gasteiger partial charge in [-0.3, -0.25) is 19.2 Å². The van der Waals surface area contributed by atoms with Crippen molar-refractivity contribution in [3.8, 4) is 0 Å². The average molecular weight is 553 g/mol. The molecule has 2 fully saturated rings. The summed E-state index contributed by atoms with van der Waals surface area (Å²) in [6.45, 7) is 5.74. The van der Waals surface area contributed by atoms with Crippen molar-refractivity contribution in [1.29, 1.82) is 0 Å². The van der Waals surface area contributed by atoms with Crippen LogP contribution in [0.15, 0.2) is 12.7 Å². The van der Waals surface area contributed by atoms with Gasteiger partial charge in [0.2, 0.25) is 0 Å². The number of hydrogen-bond acceptors (Lipinski definition) is 9. The van der Waals surface area contributed by atoms with Crippen LogP contribution in [0.3, 0.4) is 0 Å². The van der Waals surface area contributed by atoms with Crippen molar-refractivity contribution in [3.63, 3.8) is 0 Å². The Bertz CT molecular complexity index is 822. The third-order valence-corrected chi connectivity index (χ3v) is 7.64. The zero-order valence-electron chi connectivity index (χ0n) is 23.1. The molecular weight excluding hydrogens is 508 g/mol. The zero-order valence-corrected chi connectivity index (χ0v) is 23.1. The number of ether oxygens (including phenoxy) is 4. The number of rotatable bonds is 16. The van der Waals surface area contributed by atoms with E-state index < -0.39 is 23.9 Å². The highest BCUT2D eigenvalue weighted by Gasteiger charge is 2.32. The number of carboxylic acid groups (broad SMARTS) is 1. The lowest BCUT2D eigenvalue weighted by molar-refractivity contribution is -0.159. The van der Waals surface area contributed by atoms with Gasteiger partial charge >= 0.3 is 29.8 Å². The van der Waals surface area contributed by atoms with Crippen LogP contribution in [0.5, 0.6) is 0 Å². The molecule has 2 saturated carbocycles. The van der Waals surface area contributed by atoms with Gasteiger partial charge in [0.05, 0.1) is 37.9 Å². The van der Waals surface area contributed by atoms with Crippen molar-refractivity contribution in [2.24, 2.45) is 17.8 Å². The molecule has 1 N–H and O–H groups in total. The molecule has 10 heteroatoms. The van der Waals surface area contributed by atoms with Crippen molar-refractivity contribution in [2.45, 2.75) is 109 Å². The minimum Gasteiger partial charge on any atom is -0.481 e. The molecule has 39 heavy (non-hydrogen) atoms. The predicted molar refractivity (Wildman–Crippen MR) is 140 cm³/mol. The molecule has 0 heterocycles. The Balaban J connectivity index is 1.52. The second-order valence-electron chi connectivity index (χ2n) is 10.5. The fourth-order valence-corrected chi connectivity index (χ4v) is 5.12. The van der Waals surface area contributed by atoms with Crippen LogP contribution >= 0.6 is 0 Å². The summed E-state index contributed by atoms with van der Waals surface area (Å²) in [7, 11) is 0. The van der Waals surface area contributed by atoms with E-state index in [9.17, 15) is 24.0 Å². The van der Waals surface area contributed by atoms with Crippen LogP contribution in [0.4, 0.5) is 0 Å². The summed E-state index contributed by atoms with van der Waals surface area (Å²) < 4.78 is 21.3. The average Bonchev–Trinajstić information content (AvgIpc) is 2.94. The Morgan fingerprint density at radius 2 is 1.51 bits per heavy atom. The molecule has 1 atom stereocenters. The lowest BCUT2D eigenvalue weighted by Gasteiger charge is -2.30. The molecule has 10 nitrogen and oxygen atoms in total. The van der Waals surface area contributed by atoms with E-state index >= 15 is 0 Å². The number of carbonyl (C=O) groups is 5. The lowest BCUT2D eigenvalue weighted by Crippen LogP contribution is -2.31. The van der Waals surface area contributed by atoms with Crippen LogP contribution < -0.4 is 0 Å². The molecule has 220 valence electrons. The maximum atomic E-state index is 12.5. The van der Waals surface area contributed by atoms with Crippen LogP contribution in [-0.2, 0) is 42.9 Å². The summed E-state index contributed by atoms with van der Waals surface area (Å²) in [5.74, 6) is -2.51. The van der Waals surface area contributed by atoms with Gasteiger partial charge in [-0.05, 0) is 83.0 Å². The summed E-state index contributed by atoms with van der Waals surface area (Å²) in [4.78, 5) is 58.7. The molecule has 0 aromatic heterocycles. The molecule has 0 aromatic carbocycles. The monoisotopic (exact) mass is 552 g/mol. The minimum atomic E-state index is -0.785. The Morgan fingerprint density at radius 1 is 0.872 bits per heavy atom. The fraction of sp³-hybridized carbons (Fsp3) is 0.759. The highest BCUT2D eigenvalue weighted by Crippen LogP contribution is 2.33. The molecule has 2 aliphatic carbocycles. The van der Waals surface area contributed by atoms with Crippen LogP contribution in [0, 0.1) is 17.8 Å². The third-order valence-electron chi connectivity index (χ3n) is 7.64. The molecule has 2 rings (SSSR count). The van der Waals surface area contributed by atoms with Crippen molar-refractivity contribution in [1.82, 2.24) is 0 Å². The highest BCUT2D eigenvalue weighted by atomic mass is 16.6. The van der Waals surface area contributed by atoms with E-state index in [2.05, 4.69) is 6.58 Å². The molecule has 0 bridgehead atoms. The standard InChI is InChI=1S/C29H44O10/c1-3-23(6-5-18-36-25(30)4-2)38-27(32)16-15-26(31)37-19-17-20-7-13-24(14-8-20)39-29(35)22-11-9-21(10-12-22)28(33)34/h4,20-24H,2-3,5-19H2,1H3,(H,33,34). The quantitative estimate of drug-likeness (QED) is 0.126. The van der Waals surface area contributed by atoms with E-state index in [1.807, 2.05) is 6.92 Å². The topological polar surface area (TPSA) is 142 Å². The SMILES string of the molecule is C=CC(=O)OCCCC(CC)OC(=O)CCC(=O)OCCC1CCC(OC(=O)C2CCC(C(=O)O)CC2)CC1. The first kappa shape index (κ1) is 32.3. The van der Waals surface area contributed by atoms with E-state index in [0.29, 0.717) is 50.9 Å². The first-order chi connectivity index (χ1) is 18.7. The molecule has 0 saturated heterocycles. The van der Waals surface area contributed by atoms with E-state index in [0.717, 1.165) is 38.2 Å². The molecule has 0 radical (unpaired) electrons. The number of esters is 4. The number of carbonyl (C=O) groups excluding carboxylic acids is 4. The van der Waals surface area contributed by atoms with E-state index in [-0.39, 0.29) is 56.1 Å². The van der Waals surface area contributed by atoms with Gasteiger partial charge in [0.15, 0.2) is 0 Å². The maximum absolute atomic E-state index is 12.5. The first-order valence-electron chi connectivity index (χ1n) is 14.3. The number of aliphatic carboxylic acids is 1. The van der Waals surface area contributed by atoms with Crippen LogP contribution in [0.2, 0.25) is 0 Å². The summed E-state index contributed by atoms with van der Waals surface area (Å²) in [5, 5.41) is 9.10. The zero-order chi connectivity index (χ0) is 28.6. The van der Waals surface area contributed by atoms with Crippen molar-refractivity contribution in [2.75, 3.05) is 13.2 Å². The normalized spacial score (nSPS) is 23.6. The van der Waals surface area contributed by atoms with Crippen molar-refractivity contribution < 1.29 is 48.0 Å². The van der Waals surface area contributed by atoms with Gasteiger partial charge in [0.25, 0.3) is 0 Å². The van der Waals surface area contributed by atoms with Gasteiger partial charge in [-0.15, -0.1) is 0 Å². The maximum Gasteiger partial charge on any atom is 0.330 e. The van der Waals surface area contributed by atoms with Crippen molar-refractivity contribution >= 4 is 29.8 Å². The van der Waals surface area contributed by atoms with Gasteiger partial charge in [-0.2, -0.15) is 0 Å². The molecule has 1 unspecified atom stereocenters. The van der Waals surface area contributed by atoms with Gasteiger partial charge in [0, 0.05) is 6.08 Å². The summed E-state index contributed by atoms with van der Waals surface area (Å²) >= 11 is 0. The molecule has 0 spiro atoms. The number of hydrogen-bond donors (Lipinski definition) is 1. The Hall–Kier alpha value is -2.91. The lowest BCUT2D eigenvalue weighted by atomic mass is 9.82. The summed E-state index contributed by atoms with van der Waals surface area (Å²) in [6, 6.07) is 0. The van der Waals surface area contributed by atoms with Crippen LogP contribution in [0.25, 0.3) is 0 Å². The second kappa shape index (κ2) is 17.6. The molecule has 0 amide bonds. The predicted octanol–water partition coefficient (Wildman–Crippen LogP) is 4.52. The second-order valence-corrected chi connectivity index (χ2v) is 10.5. The van der Waals surface area contributed by atoms with Crippen molar-refractivity contribution in [3.05, 3.63) is 12.7 Å². The van der Waals surface area contributed by atoms with E-state index in [1.165, 1.54) is 0 Å².